The molecular weight excluding hydrogens is 385 g/mol. The van der Waals surface area contributed by atoms with Gasteiger partial charge in [-0.1, -0.05) is 29.3 Å². The van der Waals surface area contributed by atoms with E-state index in [0.717, 1.165) is 29.8 Å². The summed E-state index contributed by atoms with van der Waals surface area (Å²) in [4.78, 5) is 19.2. The first kappa shape index (κ1) is 18.3. The summed E-state index contributed by atoms with van der Waals surface area (Å²) in [6, 6.07) is 7.24. The van der Waals surface area contributed by atoms with Crippen molar-refractivity contribution in [2.75, 3.05) is 26.2 Å². The van der Waals surface area contributed by atoms with Crippen LogP contribution in [0.15, 0.2) is 36.7 Å². The van der Waals surface area contributed by atoms with E-state index in [0.29, 0.717) is 41.0 Å². The molecular formula is C19H19Cl2N5O. The molecule has 0 radical (unpaired) electrons. The molecule has 8 heteroatoms. The Hall–Kier alpha value is -2.12. The molecule has 0 aliphatic carbocycles. The van der Waals surface area contributed by atoms with Gasteiger partial charge in [-0.05, 0) is 23.8 Å². The average Bonchev–Trinajstić information content (AvgIpc) is 3.10. The van der Waals surface area contributed by atoms with Gasteiger partial charge < -0.3 is 16.0 Å². The fourth-order valence-electron chi connectivity index (χ4n) is 3.37. The van der Waals surface area contributed by atoms with Crippen molar-refractivity contribution in [3.8, 4) is 11.1 Å². The first-order valence-corrected chi connectivity index (χ1v) is 9.49. The first-order valence-electron chi connectivity index (χ1n) is 8.74. The van der Waals surface area contributed by atoms with Crippen LogP contribution in [0.4, 0.5) is 0 Å². The summed E-state index contributed by atoms with van der Waals surface area (Å²) < 4.78 is 1.81. The smallest absolute Gasteiger partial charge is 0.272 e. The molecule has 0 atom stereocenters. The van der Waals surface area contributed by atoms with Gasteiger partial charge in [0.25, 0.3) is 5.91 Å². The lowest BCUT2D eigenvalue weighted by molar-refractivity contribution is 0.0729. The van der Waals surface area contributed by atoms with Crippen LogP contribution < -0.4 is 11.1 Å². The van der Waals surface area contributed by atoms with E-state index < -0.39 is 0 Å². The molecule has 0 unspecified atom stereocenters. The number of carbonyl (C=O) groups excluding carboxylic acids is 1. The van der Waals surface area contributed by atoms with Gasteiger partial charge in [-0.25, -0.2) is 4.98 Å². The fourth-order valence-corrected chi connectivity index (χ4v) is 3.88. The maximum absolute atomic E-state index is 13.0. The van der Waals surface area contributed by atoms with Crippen molar-refractivity contribution in [1.29, 1.82) is 0 Å². The van der Waals surface area contributed by atoms with E-state index in [4.69, 9.17) is 28.9 Å². The zero-order chi connectivity index (χ0) is 19.0. The third-order valence-corrected chi connectivity index (χ3v) is 5.35. The monoisotopic (exact) mass is 403 g/mol. The Morgan fingerprint density at radius 2 is 1.96 bits per heavy atom. The van der Waals surface area contributed by atoms with E-state index >= 15 is 0 Å². The normalized spacial score (nSPS) is 14.7. The number of aromatic nitrogens is 2. The van der Waals surface area contributed by atoms with Crippen LogP contribution >= 0.6 is 23.2 Å². The molecule has 27 heavy (non-hydrogen) atoms. The van der Waals surface area contributed by atoms with Gasteiger partial charge >= 0.3 is 0 Å². The maximum atomic E-state index is 13.0. The van der Waals surface area contributed by atoms with Crippen molar-refractivity contribution in [2.45, 2.75) is 6.54 Å². The molecule has 1 amide bonds. The second-order valence-corrected chi connectivity index (χ2v) is 7.30. The highest BCUT2D eigenvalue weighted by Crippen LogP contribution is 2.33. The average molecular weight is 404 g/mol. The lowest BCUT2D eigenvalue weighted by atomic mass is 10.0. The Labute approximate surface area is 166 Å². The van der Waals surface area contributed by atoms with Crippen LogP contribution in [0.1, 0.15) is 16.1 Å². The number of pyridine rings is 1. The summed E-state index contributed by atoms with van der Waals surface area (Å²) in [7, 11) is 0. The molecule has 140 valence electrons. The number of imidazole rings is 1. The minimum Gasteiger partial charge on any atom is -0.335 e. The number of rotatable bonds is 3. The topological polar surface area (TPSA) is 75.7 Å². The lowest BCUT2D eigenvalue weighted by Gasteiger charge is -2.27. The van der Waals surface area contributed by atoms with Crippen molar-refractivity contribution in [3.05, 3.63) is 58.0 Å². The maximum Gasteiger partial charge on any atom is 0.272 e. The molecule has 6 nitrogen and oxygen atoms in total. The van der Waals surface area contributed by atoms with E-state index in [1.165, 1.54) is 0 Å². The van der Waals surface area contributed by atoms with Crippen LogP contribution in [-0.2, 0) is 6.54 Å². The highest BCUT2D eigenvalue weighted by molar-refractivity contribution is 6.36. The Morgan fingerprint density at radius 3 is 2.67 bits per heavy atom. The van der Waals surface area contributed by atoms with Crippen molar-refractivity contribution >= 4 is 34.8 Å². The summed E-state index contributed by atoms with van der Waals surface area (Å²) >= 11 is 12.4. The number of hydrogen-bond acceptors (Lipinski definition) is 4. The molecule has 1 saturated heterocycles. The summed E-state index contributed by atoms with van der Waals surface area (Å²) in [6.45, 7) is 3.29. The molecule has 3 N–H and O–H groups in total. The van der Waals surface area contributed by atoms with Gasteiger partial charge in [-0.3, -0.25) is 9.20 Å². The number of benzene rings is 1. The molecule has 4 rings (SSSR count). The highest BCUT2D eigenvalue weighted by atomic mass is 35.5. The summed E-state index contributed by atoms with van der Waals surface area (Å²) in [5.41, 5.74) is 9.75. The van der Waals surface area contributed by atoms with Gasteiger partial charge in [-0.2, -0.15) is 0 Å². The molecule has 0 saturated carbocycles. The van der Waals surface area contributed by atoms with Gasteiger partial charge in [0.1, 0.15) is 11.3 Å². The largest absolute Gasteiger partial charge is 0.335 e. The predicted octanol–water partition coefficient (Wildman–Crippen LogP) is 2.81. The first-order chi connectivity index (χ1) is 13.1. The van der Waals surface area contributed by atoms with E-state index in [1.807, 2.05) is 27.6 Å². The predicted molar refractivity (Wildman–Crippen MR) is 107 cm³/mol. The number of halogens is 2. The Balaban J connectivity index is 1.83. The Morgan fingerprint density at radius 1 is 1.19 bits per heavy atom. The zero-order valence-electron chi connectivity index (χ0n) is 14.6. The SMILES string of the molecule is NCc1cc2ncc(C(=O)N3CCNCC3)n2cc1-c1ccc(Cl)cc1Cl. The van der Waals surface area contributed by atoms with Crippen LogP contribution in [-0.4, -0.2) is 46.4 Å². The summed E-state index contributed by atoms with van der Waals surface area (Å²) in [5, 5.41) is 4.35. The molecule has 3 heterocycles. The second kappa shape index (κ2) is 7.48. The van der Waals surface area contributed by atoms with Crippen molar-refractivity contribution in [3.63, 3.8) is 0 Å². The van der Waals surface area contributed by atoms with Crippen LogP contribution in [0.3, 0.4) is 0 Å². The summed E-state index contributed by atoms with van der Waals surface area (Å²) in [6.07, 6.45) is 3.50. The van der Waals surface area contributed by atoms with E-state index in [9.17, 15) is 4.79 Å². The van der Waals surface area contributed by atoms with Gasteiger partial charge in [0.15, 0.2) is 0 Å². The number of nitrogens with one attached hydrogen (secondary N) is 1. The molecule has 1 aromatic carbocycles. The van der Waals surface area contributed by atoms with Crippen LogP contribution in [0.2, 0.25) is 10.0 Å². The minimum absolute atomic E-state index is 0.0300. The van der Waals surface area contributed by atoms with Crippen LogP contribution in [0.25, 0.3) is 16.8 Å². The molecule has 3 aromatic rings. The van der Waals surface area contributed by atoms with E-state index in [2.05, 4.69) is 10.3 Å². The van der Waals surface area contributed by atoms with Crippen LogP contribution in [0.5, 0.6) is 0 Å². The number of fused-ring (bicyclic) bond motifs is 1. The van der Waals surface area contributed by atoms with Crippen molar-refractivity contribution in [1.82, 2.24) is 19.6 Å². The molecule has 2 aromatic heterocycles. The summed E-state index contributed by atoms with van der Waals surface area (Å²) in [5.74, 6) is -0.0300. The zero-order valence-corrected chi connectivity index (χ0v) is 16.1. The quantitative estimate of drug-likeness (QED) is 0.704. The molecule has 1 aliphatic rings. The number of nitrogens with two attached hydrogens (primary N) is 1. The molecule has 1 fully saturated rings. The van der Waals surface area contributed by atoms with Crippen molar-refractivity contribution in [2.24, 2.45) is 5.73 Å². The Kier molecular flexibility index (Phi) is 5.06. The minimum atomic E-state index is -0.0300. The third kappa shape index (κ3) is 3.41. The van der Waals surface area contributed by atoms with Crippen LogP contribution in [0, 0.1) is 0 Å². The Bertz CT molecular complexity index is 1010. The van der Waals surface area contributed by atoms with Gasteiger partial charge in [-0.15, -0.1) is 0 Å². The lowest BCUT2D eigenvalue weighted by Crippen LogP contribution is -2.46. The highest BCUT2D eigenvalue weighted by Gasteiger charge is 2.22. The number of carbonyl (C=O) groups is 1. The molecule has 0 spiro atoms. The number of nitrogens with zero attached hydrogens (tertiary/aromatic N) is 3. The number of amides is 1. The van der Waals surface area contributed by atoms with Crippen molar-refractivity contribution < 1.29 is 4.79 Å². The number of piperazine rings is 1. The van der Waals surface area contributed by atoms with Gasteiger partial charge in [0.2, 0.25) is 0 Å². The standard InChI is InChI=1S/C19H19Cl2N5O/c20-13-1-2-14(16(21)8-13)15-11-26-17(10-24-18(26)7-12(15)9-22)19(27)25-5-3-23-4-6-25/h1-2,7-8,10-11,23H,3-6,9,22H2. The second-order valence-electron chi connectivity index (χ2n) is 6.45. The van der Waals surface area contributed by atoms with Gasteiger partial charge in [0, 0.05) is 60.1 Å². The fraction of sp³-hybridized carbons (Fsp3) is 0.263. The molecule has 0 bridgehead atoms. The third-order valence-electron chi connectivity index (χ3n) is 4.80. The number of hydrogen-bond donors (Lipinski definition) is 2. The van der Waals surface area contributed by atoms with E-state index in [1.54, 1.807) is 18.3 Å². The van der Waals surface area contributed by atoms with E-state index in [-0.39, 0.29) is 5.91 Å². The molecule has 1 aliphatic heterocycles. The van der Waals surface area contributed by atoms with Gasteiger partial charge in [0.05, 0.1) is 6.20 Å².